The van der Waals surface area contributed by atoms with Crippen LogP contribution in [0.1, 0.15) is 11.4 Å². The molecule has 90 valence electrons. The Morgan fingerprint density at radius 1 is 1.24 bits per heavy atom. The zero-order valence-electron chi connectivity index (χ0n) is 9.61. The predicted octanol–water partition coefficient (Wildman–Crippen LogP) is 0.706. The zero-order valence-corrected chi connectivity index (χ0v) is 9.61. The molecule has 0 atom stereocenters. The number of ether oxygens (including phenoxy) is 2. The van der Waals surface area contributed by atoms with Crippen molar-refractivity contribution < 1.29 is 9.47 Å². The highest BCUT2D eigenvalue weighted by atomic mass is 16.5. The van der Waals surface area contributed by atoms with Gasteiger partial charge in [0, 0.05) is 6.42 Å². The summed E-state index contributed by atoms with van der Waals surface area (Å²) in [6.07, 6.45) is 0.527. The van der Waals surface area contributed by atoms with Crippen LogP contribution in [0.25, 0.3) is 0 Å². The van der Waals surface area contributed by atoms with E-state index in [1.807, 2.05) is 18.2 Å². The van der Waals surface area contributed by atoms with Crippen LogP contribution < -0.4 is 15.2 Å². The molecule has 6 nitrogen and oxygen atoms in total. The van der Waals surface area contributed by atoms with Crippen LogP contribution in [0.4, 0.5) is 0 Å². The highest BCUT2D eigenvalue weighted by Gasteiger charge is 2.06. The Morgan fingerprint density at radius 2 is 2.00 bits per heavy atom. The molecule has 0 aliphatic rings. The molecule has 1 heterocycles. The number of H-pyrrole nitrogens is 2. The maximum Gasteiger partial charge on any atom is 0.340 e. The Labute approximate surface area is 97.6 Å². The van der Waals surface area contributed by atoms with Crippen molar-refractivity contribution in [2.24, 2.45) is 0 Å². The minimum Gasteiger partial charge on any atom is -0.493 e. The molecule has 6 heteroatoms. The molecule has 2 aromatic rings. The lowest BCUT2D eigenvalue weighted by molar-refractivity contribution is 0.354. The molecule has 0 bridgehead atoms. The first-order valence-electron chi connectivity index (χ1n) is 5.07. The average Bonchev–Trinajstić information content (AvgIpc) is 2.74. The molecular weight excluding hydrogens is 222 g/mol. The van der Waals surface area contributed by atoms with Crippen LogP contribution in [0.3, 0.4) is 0 Å². The number of hydrogen-bond donors (Lipinski definition) is 2. The molecule has 1 aromatic heterocycles. The minimum atomic E-state index is -0.305. The van der Waals surface area contributed by atoms with Gasteiger partial charge in [-0.05, 0) is 17.7 Å². The van der Waals surface area contributed by atoms with Gasteiger partial charge < -0.3 is 9.47 Å². The summed E-state index contributed by atoms with van der Waals surface area (Å²) >= 11 is 0. The van der Waals surface area contributed by atoms with Gasteiger partial charge in [0.15, 0.2) is 11.5 Å². The van der Waals surface area contributed by atoms with Crippen molar-refractivity contribution in [1.29, 1.82) is 0 Å². The summed E-state index contributed by atoms with van der Waals surface area (Å²) in [7, 11) is 3.17. The number of nitrogens with one attached hydrogen (secondary N) is 2. The number of nitrogens with zero attached hydrogens (tertiary/aromatic N) is 1. The summed E-state index contributed by atoms with van der Waals surface area (Å²) in [4.78, 5) is 13.5. The number of aromatic nitrogens is 3. The van der Waals surface area contributed by atoms with Crippen molar-refractivity contribution in [1.82, 2.24) is 15.2 Å². The van der Waals surface area contributed by atoms with Gasteiger partial charge >= 0.3 is 5.69 Å². The maximum absolute atomic E-state index is 10.9. The van der Waals surface area contributed by atoms with Gasteiger partial charge in [0.2, 0.25) is 0 Å². The van der Waals surface area contributed by atoms with E-state index in [2.05, 4.69) is 15.2 Å². The van der Waals surface area contributed by atoms with E-state index in [-0.39, 0.29) is 5.69 Å². The van der Waals surface area contributed by atoms with Gasteiger partial charge in [-0.15, -0.1) is 0 Å². The monoisotopic (exact) mass is 235 g/mol. The Balaban J connectivity index is 2.25. The molecule has 2 N–H and O–H groups in total. The predicted molar refractivity (Wildman–Crippen MR) is 61.6 cm³/mol. The van der Waals surface area contributed by atoms with Gasteiger partial charge in [0.1, 0.15) is 5.82 Å². The standard InChI is InChI=1S/C11H13N3O3/c1-16-8-4-3-7(5-9(8)17-2)6-10-12-11(15)14-13-10/h3-5H,6H2,1-2H3,(H2,12,13,14,15). The van der Waals surface area contributed by atoms with E-state index in [1.165, 1.54) is 0 Å². The lowest BCUT2D eigenvalue weighted by Crippen LogP contribution is -2.01. The number of methoxy groups -OCH3 is 2. The fraction of sp³-hybridized carbons (Fsp3) is 0.273. The van der Waals surface area contributed by atoms with E-state index < -0.39 is 0 Å². The summed E-state index contributed by atoms with van der Waals surface area (Å²) in [6.45, 7) is 0. The summed E-state index contributed by atoms with van der Waals surface area (Å²) in [5.41, 5.74) is 0.672. The van der Waals surface area contributed by atoms with Crippen molar-refractivity contribution in [2.75, 3.05) is 14.2 Å². The highest BCUT2D eigenvalue weighted by Crippen LogP contribution is 2.27. The lowest BCUT2D eigenvalue weighted by Gasteiger charge is -2.08. The van der Waals surface area contributed by atoms with Crippen LogP contribution in [0, 0.1) is 0 Å². The fourth-order valence-corrected chi connectivity index (χ4v) is 1.57. The smallest absolute Gasteiger partial charge is 0.340 e. The Morgan fingerprint density at radius 3 is 2.59 bits per heavy atom. The minimum absolute atomic E-state index is 0.305. The van der Waals surface area contributed by atoms with Crippen molar-refractivity contribution >= 4 is 0 Å². The molecule has 0 aliphatic heterocycles. The molecule has 0 amide bonds. The second-order valence-corrected chi connectivity index (χ2v) is 3.49. The third-order valence-electron chi connectivity index (χ3n) is 2.37. The van der Waals surface area contributed by atoms with Crippen LogP contribution >= 0.6 is 0 Å². The maximum atomic E-state index is 10.9. The molecule has 0 radical (unpaired) electrons. The molecule has 0 unspecified atom stereocenters. The molecule has 17 heavy (non-hydrogen) atoms. The number of aromatic amines is 2. The van der Waals surface area contributed by atoms with Crippen LogP contribution in [0.2, 0.25) is 0 Å². The van der Waals surface area contributed by atoms with E-state index in [0.29, 0.717) is 23.7 Å². The fourth-order valence-electron chi connectivity index (χ4n) is 1.57. The molecule has 2 rings (SSSR count). The molecular formula is C11H13N3O3. The third kappa shape index (κ3) is 2.47. The zero-order chi connectivity index (χ0) is 12.3. The summed E-state index contributed by atoms with van der Waals surface area (Å²) in [6, 6.07) is 5.57. The number of rotatable bonds is 4. The van der Waals surface area contributed by atoms with E-state index in [4.69, 9.17) is 9.47 Å². The number of hydrogen-bond acceptors (Lipinski definition) is 4. The second-order valence-electron chi connectivity index (χ2n) is 3.49. The van der Waals surface area contributed by atoms with Gasteiger partial charge in [-0.3, -0.25) is 4.98 Å². The van der Waals surface area contributed by atoms with Gasteiger partial charge in [0.25, 0.3) is 0 Å². The molecule has 0 saturated heterocycles. The van der Waals surface area contributed by atoms with Gasteiger partial charge in [-0.25, -0.2) is 9.89 Å². The lowest BCUT2D eigenvalue weighted by atomic mass is 10.1. The Hall–Kier alpha value is -2.24. The van der Waals surface area contributed by atoms with Gasteiger partial charge in [-0.1, -0.05) is 6.07 Å². The van der Waals surface area contributed by atoms with E-state index in [9.17, 15) is 4.79 Å². The highest BCUT2D eigenvalue weighted by molar-refractivity contribution is 5.43. The molecule has 0 fully saturated rings. The summed E-state index contributed by atoms with van der Waals surface area (Å²) in [5.74, 6) is 1.91. The van der Waals surface area contributed by atoms with E-state index in [1.54, 1.807) is 14.2 Å². The average molecular weight is 235 g/mol. The second kappa shape index (κ2) is 4.73. The first kappa shape index (κ1) is 11.3. The molecule has 0 aliphatic carbocycles. The van der Waals surface area contributed by atoms with Gasteiger partial charge in [-0.2, -0.15) is 5.10 Å². The number of benzene rings is 1. The van der Waals surface area contributed by atoms with E-state index >= 15 is 0 Å². The normalized spacial score (nSPS) is 10.2. The largest absolute Gasteiger partial charge is 0.493 e. The van der Waals surface area contributed by atoms with Gasteiger partial charge in [0.05, 0.1) is 14.2 Å². The molecule has 1 aromatic carbocycles. The van der Waals surface area contributed by atoms with Crippen LogP contribution in [0.5, 0.6) is 11.5 Å². The van der Waals surface area contributed by atoms with Crippen LogP contribution in [0.15, 0.2) is 23.0 Å². The molecule has 0 spiro atoms. The molecule has 0 saturated carbocycles. The van der Waals surface area contributed by atoms with Crippen molar-refractivity contribution in [3.63, 3.8) is 0 Å². The Kier molecular flexibility index (Phi) is 3.13. The Bertz CT molecular complexity index is 559. The first-order chi connectivity index (χ1) is 8.22. The van der Waals surface area contributed by atoms with Crippen LogP contribution in [-0.2, 0) is 6.42 Å². The van der Waals surface area contributed by atoms with Crippen LogP contribution in [-0.4, -0.2) is 29.4 Å². The van der Waals surface area contributed by atoms with Crippen molar-refractivity contribution in [2.45, 2.75) is 6.42 Å². The van der Waals surface area contributed by atoms with Crippen molar-refractivity contribution in [3.05, 3.63) is 40.1 Å². The SMILES string of the molecule is COc1ccc(Cc2n[nH]c(=O)[nH]2)cc1OC. The summed E-state index contributed by atoms with van der Waals surface area (Å²) < 4.78 is 10.3. The third-order valence-corrected chi connectivity index (χ3v) is 2.37. The quantitative estimate of drug-likeness (QED) is 0.817. The topological polar surface area (TPSA) is 80.0 Å². The van der Waals surface area contributed by atoms with Crippen molar-refractivity contribution in [3.8, 4) is 11.5 Å². The van der Waals surface area contributed by atoms with E-state index in [0.717, 1.165) is 5.56 Å². The first-order valence-corrected chi connectivity index (χ1v) is 5.07. The summed E-state index contributed by atoms with van der Waals surface area (Å²) in [5, 5.41) is 6.17.